The highest BCUT2D eigenvalue weighted by Crippen LogP contribution is 2.40. The Bertz CT molecular complexity index is 735. The Morgan fingerprint density at radius 3 is 2.70 bits per heavy atom. The Kier molecular flexibility index (Phi) is 2.43. The number of fused-ring (bicyclic) bond motifs is 3. The fourth-order valence-electron chi connectivity index (χ4n) is 3.60. The monoisotopic (exact) mass is 265 g/mol. The predicted molar refractivity (Wildman–Crippen MR) is 76.5 cm³/mol. The Morgan fingerprint density at radius 2 is 1.90 bits per heavy atom. The summed E-state index contributed by atoms with van der Waals surface area (Å²) in [4.78, 5) is 24.3. The van der Waals surface area contributed by atoms with Gasteiger partial charge in [0.05, 0.1) is 11.6 Å². The van der Waals surface area contributed by atoms with Crippen molar-refractivity contribution >= 4 is 22.5 Å². The molecule has 1 N–H and O–H groups in total. The fraction of sp³-hybridized carbons (Fsp3) is 0.294. The first kappa shape index (κ1) is 11.6. The highest BCUT2D eigenvalue weighted by molar-refractivity contribution is 6.11. The molecule has 1 saturated carbocycles. The van der Waals surface area contributed by atoms with Crippen molar-refractivity contribution in [3.8, 4) is 0 Å². The summed E-state index contributed by atoms with van der Waals surface area (Å²) in [5.74, 6) is 0.208. The summed E-state index contributed by atoms with van der Waals surface area (Å²) in [6, 6.07) is 11.8. The predicted octanol–water partition coefficient (Wildman–Crippen LogP) is 2.99. The zero-order chi connectivity index (χ0) is 13.7. The van der Waals surface area contributed by atoms with Crippen molar-refractivity contribution in [1.82, 2.24) is 5.32 Å². The first-order chi connectivity index (χ1) is 9.75. The number of rotatable bonds is 1. The molecule has 2 unspecified atom stereocenters. The van der Waals surface area contributed by atoms with Crippen LogP contribution in [0.4, 0.5) is 0 Å². The molecule has 0 aromatic heterocycles. The Balaban J connectivity index is 1.89. The molecule has 1 fully saturated rings. The number of amides is 1. The number of benzene rings is 2. The second-order valence-corrected chi connectivity index (χ2v) is 5.67. The summed E-state index contributed by atoms with van der Waals surface area (Å²) in [5.41, 5.74) is 1.75. The molecule has 20 heavy (non-hydrogen) atoms. The number of nitrogens with one attached hydrogen (secondary N) is 1. The molecule has 0 radical (unpaired) electrons. The van der Waals surface area contributed by atoms with Gasteiger partial charge in [0.1, 0.15) is 5.78 Å². The lowest BCUT2D eigenvalue weighted by Gasteiger charge is -2.18. The number of hydrogen-bond acceptors (Lipinski definition) is 2. The van der Waals surface area contributed by atoms with E-state index in [-0.39, 0.29) is 23.7 Å². The van der Waals surface area contributed by atoms with Crippen LogP contribution < -0.4 is 5.32 Å². The van der Waals surface area contributed by atoms with Crippen molar-refractivity contribution in [3.63, 3.8) is 0 Å². The van der Waals surface area contributed by atoms with Gasteiger partial charge in [0.15, 0.2) is 0 Å². The van der Waals surface area contributed by atoms with E-state index in [0.717, 1.165) is 34.7 Å². The van der Waals surface area contributed by atoms with Crippen LogP contribution in [-0.4, -0.2) is 11.7 Å². The second-order valence-electron chi connectivity index (χ2n) is 5.67. The molecule has 0 spiro atoms. The van der Waals surface area contributed by atoms with Gasteiger partial charge in [-0.2, -0.15) is 0 Å². The number of Topliss-reactive ketones (excluding diaryl/α,β-unsaturated/α-hetero) is 1. The minimum atomic E-state index is -0.128. The molecular formula is C17H15NO2. The van der Waals surface area contributed by atoms with E-state index in [0.29, 0.717) is 6.42 Å². The quantitative estimate of drug-likeness (QED) is 0.861. The van der Waals surface area contributed by atoms with E-state index in [1.807, 2.05) is 36.4 Å². The molecule has 0 bridgehead atoms. The molecule has 2 atom stereocenters. The largest absolute Gasteiger partial charge is 0.344 e. The maximum Gasteiger partial charge on any atom is 0.252 e. The van der Waals surface area contributed by atoms with Gasteiger partial charge in [-0.05, 0) is 29.2 Å². The molecule has 2 aliphatic rings. The summed E-state index contributed by atoms with van der Waals surface area (Å²) in [5, 5.41) is 5.08. The number of carbonyl (C=O) groups is 2. The van der Waals surface area contributed by atoms with Gasteiger partial charge < -0.3 is 5.32 Å². The lowest BCUT2D eigenvalue weighted by molar-refractivity contribution is -0.121. The summed E-state index contributed by atoms with van der Waals surface area (Å²) >= 11 is 0. The van der Waals surface area contributed by atoms with Gasteiger partial charge in [0.2, 0.25) is 0 Å². The molecule has 100 valence electrons. The second kappa shape index (κ2) is 4.17. The minimum Gasteiger partial charge on any atom is -0.344 e. The van der Waals surface area contributed by atoms with Crippen molar-refractivity contribution in [1.29, 1.82) is 0 Å². The van der Waals surface area contributed by atoms with Crippen molar-refractivity contribution in [2.24, 2.45) is 5.92 Å². The molecule has 0 saturated heterocycles. The lowest BCUT2D eigenvalue weighted by atomic mass is 9.89. The van der Waals surface area contributed by atoms with E-state index in [1.165, 1.54) is 0 Å². The van der Waals surface area contributed by atoms with Crippen LogP contribution in [0.5, 0.6) is 0 Å². The Morgan fingerprint density at radius 1 is 1.05 bits per heavy atom. The number of hydrogen-bond donors (Lipinski definition) is 1. The van der Waals surface area contributed by atoms with Crippen LogP contribution in [0.2, 0.25) is 0 Å². The van der Waals surface area contributed by atoms with Crippen molar-refractivity contribution in [2.75, 3.05) is 0 Å². The first-order valence-electron chi connectivity index (χ1n) is 7.11. The summed E-state index contributed by atoms with van der Waals surface area (Å²) in [6.07, 6.45) is 2.48. The molecule has 4 rings (SSSR count). The van der Waals surface area contributed by atoms with E-state index >= 15 is 0 Å². The van der Waals surface area contributed by atoms with Gasteiger partial charge in [-0.1, -0.05) is 36.4 Å². The SMILES string of the molecule is O=C1NC(C2CCCC2=O)c2ccc3ccccc3c21. The van der Waals surface area contributed by atoms with Crippen LogP contribution in [-0.2, 0) is 4.79 Å². The molecule has 1 amide bonds. The summed E-state index contributed by atoms with van der Waals surface area (Å²) < 4.78 is 0. The van der Waals surface area contributed by atoms with Crippen LogP contribution >= 0.6 is 0 Å². The topological polar surface area (TPSA) is 46.2 Å². The van der Waals surface area contributed by atoms with Crippen LogP contribution in [0.1, 0.15) is 41.2 Å². The highest BCUT2D eigenvalue weighted by Gasteiger charge is 2.40. The van der Waals surface area contributed by atoms with Gasteiger partial charge in [0, 0.05) is 12.3 Å². The molecule has 1 aliphatic heterocycles. The highest BCUT2D eigenvalue weighted by atomic mass is 16.2. The van der Waals surface area contributed by atoms with Gasteiger partial charge in [-0.15, -0.1) is 0 Å². The van der Waals surface area contributed by atoms with E-state index in [4.69, 9.17) is 0 Å². The maximum atomic E-state index is 12.3. The smallest absolute Gasteiger partial charge is 0.252 e. The third kappa shape index (κ3) is 1.52. The van der Waals surface area contributed by atoms with E-state index in [1.54, 1.807) is 0 Å². The molecule has 3 heteroatoms. The van der Waals surface area contributed by atoms with Crippen LogP contribution in [0.3, 0.4) is 0 Å². The van der Waals surface area contributed by atoms with Gasteiger partial charge >= 0.3 is 0 Å². The van der Waals surface area contributed by atoms with Gasteiger partial charge in [0.25, 0.3) is 5.91 Å². The van der Waals surface area contributed by atoms with Crippen LogP contribution in [0.15, 0.2) is 36.4 Å². The van der Waals surface area contributed by atoms with E-state index in [2.05, 4.69) is 5.32 Å². The third-order valence-corrected chi connectivity index (χ3v) is 4.56. The molecular weight excluding hydrogens is 250 g/mol. The zero-order valence-electron chi connectivity index (χ0n) is 11.1. The normalized spacial score (nSPS) is 25.0. The van der Waals surface area contributed by atoms with Crippen molar-refractivity contribution in [2.45, 2.75) is 25.3 Å². The average molecular weight is 265 g/mol. The van der Waals surface area contributed by atoms with Gasteiger partial charge in [-0.25, -0.2) is 0 Å². The molecule has 2 aromatic rings. The van der Waals surface area contributed by atoms with Crippen molar-refractivity contribution in [3.05, 3.63) is 47.5 Å². The standard InChI is InChI=1S/C17H15NO2/c19-14-7-3-6-12(14)16-13-9-8-10-4-1-2-5-11(10)15(13)17(20)18-16/h1-2,4-5,8-9,12,16H,3,6-7H2,(H,18,20). The maximum absolute atomic E-state index is 12.3. The summed E-state index contributed by atoms with van der Waals surface area (Å²) in [6.45, 7) is 0. The molecule has 1 aliphatic carbocycles. The van der Waals surface area contributed by atoms with E-state index < -0.39 is 0 Å². The van der Waals surface area contributed by atoms with Crippen LogP contribution in [0.25, 0.3) is 10.8 Å². The van der Waals surface area contributed by atoms with Crippen LogP contribution in [0, 0.1) is 5.92 Å². The van der Waals surface area contributed by atoms with Crippen molar-refractivity contribution < 1.29 is 9.59 Å². The average Bonchev–Trinajstić information content (AvgIpc) is 3.02. The molecule has 3 nitrogen and oxygen atoms in total. The first-order valence-corrected chi connectivity index (χ1v) is 7.11. The fourth-order valence-corrected chi connectivity index (χ4v) is 3.60. The molecule has 1 heterocycles. The zero-order valence-corrected chi connectivity index (χ0v) is 11.1. The lowest BCUT2D eigenvalue weighted by Crippen LogP contribution is -2.28. The Hall–Kier alpha value is -2.16. The number of ketones is 1. The van der Waals surface area contributed by atoms with Gasteiger partial charge in [-0.3, -0.25) is 9.59 Å². The number of carbonyl (C=O) groups excluding carboxylic acids is 2. The summed E-state index contributed by atoms with van der Waals surface area (Å²) in [7, 11) is 0. The Labute approximate surface area is 117 Å². The minimum absolute atomic E-state index is 0.0403. The molecule has 2 aromatic carbocycles. The van der Waals surface area contributed by atoms with E-state index in [9.17, 15) is 9.59 Å². The third-order valence-electron chi connectivity index (χ3n) is 4.56.